The highest BCUT2D eigenvalue weighted by Gasteiger charge is 2.33. The summed E-state index contributed by atoms with van der Waals surface area (Å²) in [5.41, 5.74) is 1.74. The van der Waals surface area contributed by atoms with E-state index < -0.39 is 13.9 Å². The van der Waals surface area contributed by atoms with Crippen molar-refractivity contribution in [2.75, 3.05) is 0 Å². The molecule has 27 heavy (non-hydrogen) atoms. The Kier molecular flexibility index (Phi) is 6.75. The van der Waals surface area contributed by atoms with Crippen LogP contribution < -0.4 is 0 Å². The Morgan fingerprint density at radius 3 is 1.93 bits per heavy atom. The summed E-state index contributed by atoms with van der Waals surface area (Å²) in [5, 5.41) is 0. The SMILES string of the molecule is C[C@H]1C[C@H](OP(=O)(OCc2ccccc2)OCc2ccccc2)C=CC1=O. The first-order valence-corrected chi connectivity index (χ1v) is 10.4. The van der Waals surface area contributed by atoms with Crippen LogP contribution in [-0.4, -0.2) is 11.9 Å². The smallest absolute Gasteiger partial charge is 0.295 e. The van der Waals surface area contributed by atoms with E-state index in [2.05, 4.69) is 0 Å². The van der Waals surface area contributed by atoms with Gasteiger partial charge in [-0.3, -0.25) is 18.4 Å². The maximum Gasteiger partial charge on any atom is 0.476 e. The summed E-state index contributed by atoms with van der Waals surface area (Å²) < 4.78 is 30.1. The summed E-state index contributed by atoms with van der Waals surface area (Å²) in [4.78, 5) is 11.7. The summed E-state index contributed by atoms with van der Waals surface area (Å²) in [6.45, 7) is 2.04. The topological polar surface area (TPSA) is 61.8 Å². The maximum absolute atomic E-state index is 13.2. The molecule has 5 nitrogen and oxygen atoms in total. The van der Waals surface area contributed by atoms with E-state index in [1.54, 1.807) is 6.08 Å². The molecule has 1 aliphatic rings. The number of hydrogen-bond acceptors (Lipinski definition) is 5. The second kappa shape index (κ2) is 9.25. The predicted octanol–water partition coefficient (Wildman–Crippen LogP) is 5.08. The number of rotatable bonds is 8. The lowest BCUT2D eigenvalue weighted by atomic mass is 9.93. The minimum Gasteiger partial charge on any atom is -0.295 e. The molecule has 3 rings (SSSR count). The highest BCUT2D eigenvalue weighted by molar-refractivity contribution is 7.48. The van der Waals surface area contributed by atoms with E-state index in [0.29, 0.717) is 6.42 Å². The molecule has 0 saturated heterocycles. The van der Waals surface area contributed by atoms with E-state index in [-0.39, 0.29) is 24.9 Å². The number of ketones is 1. The van der Waals surface area contributed by atoms with Crippen molar-refractivity contribution in [3.8, 4) is 0 Å². The molecule has 0 spiro atoms. The van der Waals surface area contributed by atoms with Gasteiger partial charge in [0, 0.05) is 5.92 Å². The van der Waals surface area contributed by atoms with Gasteiger partial charge in [0.2, 0.25) is 0 Å². The first-order chi connectivity index (χ1) is 13.0. The molecule has 0 aliphatic heterocycles. The summed E-state index contributed by atoms with van der Waals surface area (Å²) in [5.74, 6) is -0.142. The molecule has 0 bridgehead atoms. The Labute approximate surface area is 159 Å². The number of phosphoric ester groups is 1. The summed E-state index contributed by atoms with van der Waals surface area (Å²) in [6.07, 6.45) is 3.04. The van der Waals surface area contributed by atoms with Crippen LogP contribution in [0.5, 0.6) is 0 Å². The van der Waals surface area contributed by atoms with Crippen molar-refractivity contribution in [2.24, 2.45) is 5.92 Å². The van der Waals surface area contributed by atoms with Gasteiger partial charge in [-0.1, -0.05) is 73.7 Å². The summed E-state index contributed by atoms with van der Waals surface area (Å²) >= 11 is 0. The average molecular weight is 386 g/mol. The van der Waals surface area contributed by atoms with Crippen LogP contribution in [0.4, 0.5) is 0 Å². The van der Waals surface area contributed by atoms with Crippen LogP contribution in [0, 0.1) is 5.92 Å². The molecule has 0 aromatic heterocycles. The zero-order chi connectivity index (χ0) is 19.1. The molecule has 0 saturated carbocycles. The summed E-state index contributed by atoms with van der Waals surface area (Å²) in [6, 6.07) is 18.8. The van der Waals surface area contributed by atoms with Crippen LogP contribution in [0.3, 0.4) is 0 Å². The number of benzene rings is 2. The molecule has 142 valence electrons. The second-order valence-corrected chi connectivity index (χ2v) is 8.13. The van der Waals surface area contributed by atoms with Crippen LogP contribution in [0.25, 0.3) is 0 Å². The zero-order valence-electron chi connectivity index (χ0n) is 15.2. The van der Waals surface area contributed by atoms with Crippen LogP contribution in [0.2, 0.25) is 0 Å². The molecule has 0 radical (unpaired) electrons. The van der Waals surface area contributed by atoms with Crippen molar-refractivity contribution in [2.45, 2.75) is 32.7 Å². The van der Waals surface area contributed by atoms with Crippen molar-refractivity contribution in [3.63, 3.8) is 0 Å². The third kappa shape index (κ3) is 5.98. The number of hydrogen-bond donors (Lipinski definition) is 0. The molecule has 0 N–H and O–H groups in total. The lowest BCUT2D eigenvalue weighted by Gasteiger charge is -2.25. The number of phosphoric acid groups is 1. The normalized spacial score (nSPS) is 20.0. The van der Waals surface area contributed by atoms with E-state index in [0.717, 1.165) is 11.1 Å². The fourth-order valence-corrected chi connectivity index (χ4v) is 4.01. The predicted molar refractivity (Wildman–Crippen MR) is 103 cm³/mol. The van der Waals surface area contributed by atoms with Gasteiger partial charge in [-0.25, -0.2) is 4.57 Å². The molecule has 6 heteroatoms. The first kappa shape index (κ1) is 19.7. The monoisotopic (exact) mass is 386 g/mol. The zero-order valence-corrected chi connectivity index (χ0v) is 16.1. The number of carbonyl (C=O) groups is 1. The molecule has 2 atom stereocenters. The van der Waals surface area contributed by atoms with E-state index in [1.165, 1.54) is 6.08 Å². The molecule has 0 heterocycles. The third-order valence-electron chi connectivity index (χ3n) is 4.28. The van der Waals surface area contributed by atoms with E-state index in [9.17, 15) is 9.36 Å². The van der Waals surface area contributed by atoms with Gasteiger partial charge in [-0.05, 0) is 23.6 Å². The Bertz CT molecular complexity index is 771. The van der Waals surface area contributed by atoms with Crippen molar-refractivity contribution >= 4 is 13.6 Å². The fourth-order valence-electron chi connectivity index (χ4n) is 2.71. The highest BCUT2D eigenvalue weighted by Crippen LogP contribution is 2.53. The van der Waals surface area contributed by atoms with Crippen molar-refractivity contribution < 1.29 is 22.9 Å². The Morgan fingerprint density at radius 2 is 1.44 bits per heavy atom. The van der Waals surface area contributed by atoms with Crippen LogP contribution in [0.15, 0.2) is 72.8 Å². The van der Waals surface area contributed by atoms with E-state index >= 15 is 0 Å². The van der Waals surface area contributed by atoms with Crippen molar-refractivity contribution in [1.29, 1.82) is 0 Å². The van der Waals surface area contributed by atoms with Gasteiger partial charge in [0.05, 0.1) is 19.3 Å². The van der Waals surface area contributed by atoms with Crippen molar-refractivity contribution in [1.82, 2.24) is 0 Å². The fraction of sp³-hybridized carbons (Fsp3) is 0.286. The van der Waals surface area contributed by atoms with E-state index in [1.807, 2.05) is 67.6 Å². The minimum atomic E-state index is -3.83. The van der Waals surface area contributed by atoms with Gasteiger partial charge in [-0.2, -0.15) is 0 Å². The van der Waals surface area contributed by atoms with Gasteiger partial charge in [-0.15, -0.1) is 0 Å². The Balaban J connectivity index is 1.69. The molecular formula is C21H23O5P. The van der Waals surface area contributed by atoms with Gasteiger partial charge in [0.1, 0.15) is 0 Å². The minimum absolute atomic E-state index is 0.0418. The second-order valence-electron chi connectivity index (χ2n) is 6.51. The van der Waals surface area contributed by atoms with Gasteiger partial charge < -0.3 is 0 Å². The van der Waals surface area contributed by atoms with Crippen LogP contribution >= 0.6 is 7.82 Å². The molecular weight excluding hydrogens is 363 g/mol. The quantitative estimate of drug-likeness (QED) is 0.592. The van der Waals surface area contributed by atoms with Gasteiger partial charge in [0.25, 0.3) is 0 Å². The summed E-state index contributed by atoms with van der Waals surface area (Å²) in [7, 11) is -3.83. The largest absolute Gasteiger partial charge is 0.476 e. The van der Waals surface area contributed by atoms with Gasteiger partial charge in [0.15, 0.2) is 5.78 Å². The molecule has 1 aliphatic carbocycles. The maximum atomic E-state index is 13.2. The number of carbonyl (C=O) groups excluding carboxylic acids is 1. The molecule has 2 aromatic carbocycles. The Morgan fingerprint density at radius 1 is 0.926 bits per heavy atom. The van der Waals surface area contributed by atoms with Crippen LogP contribution in [-0.2, 0) is 36.1 Å². The van der Waals surface area contributed by atoms with E-state index in [4.69, 9.17) is 13.6 Å². The average Bonchev–Trinajstić information content (AvgIpc) is 2.70. The van der Waals surface area contributed by atoms with Crippen molar-refractivity contribution in [3.05, 3.63) is 83.9 Å². The first-order valence-electron chi connectivity index (χ1n) is 8.91. The van der Waals surface area contributed by atoms with Crippen LogP contribution in [0.1, 0.15) is 24.5 Å². The molecule has 0 amide bonds. The number of allylic oxidation sites excluding steroid dienone is 1. The third-order valence-corrected chi connectivity index (χ3v) is 5.70. The highest BCUT2D eigenvalue weighted by atomic mass is 31.2. The molecule has 0 unspecified atom stereocenters. The molecule has 2 aromatic rings. The standard InChI is InChI=1S/C21H23O5P/c1-17-14-20(12-13-21(17)22)26-27(23,24-15-18-8-4-2-5-9-18)25-16-19-10-6-3-7-11-19/h2-13,17,20H,14-16H2,1H3/t17-,20+/m0/s1. The Hall–Kier alpha value is -2.04. The van der Waals surface area contributed by atoms with Gasteiger partial charge >= 0.3 is 7.82 Å². The lowest BCUT2D eigenvalue weighted by Crippen LogP contribution is -2.23. The lowest BCUT2D eigenvalue weighted by molar-refractivity contribution is -0.119. The molecule has 0 fully saturated rings.